The van der Waals surface area contributed by atoms with Crippen molar-refractivity contribution < 1.29 is 8.42 Å². The number of aromatic nitrogens is 1. The number of aryl methyl sites for hydroxylation is 1. The van der Waals surface area contributed by atoms with Crippen LogP contribution in [0.15, 0.2) is 35.2 Å². The van der Waals surface area contributed by atoms with E-state index in [1.165, 1.54) is 29.8 Å². The van der Waals surface area contributed by atoms with Crippen LogP contribution in [0, 0.1) is 11.8 Å². The van der Waals surface area contributed by atoms with Crippen molar-refractivity contribution in [3.05, 3.63) is 40.9 Å². The van der Waals surface area contributed by atoms with Gasteiger partial charge in [0.15, 0.2) is 15.0 Å². The Bertz CT molecular complexity index is 966. The number of hydrogen-bond donors (Lipinski definition) is 1. The molecule has 1 aromatic heterocycles. The molecule has 0 radical (unpaired) electrons. The van der Waals surface area contributed by atoms with E-state index in [0.717, 1.165) is 57.5 Å². The topological polar surface area (TPSA) is 76.3 Å². The number of thiazole rings is 1. The van der Waals surface area contributed by atoms with E-state index in [1.807, 2.05) is 18.2 Å². The average Bonchev–Trinajstić information content (AvgIpc) is 3.17. The van der Waals surface area contributed by atoms with Gasteiger partial charge < -0.3 is 10.6 Å². The first kappa shape index (κ1) is 23.7. The fourth-order valence-electron chi connectivity index (χ4n) is 5.52. The van der Waals surface area contributed by atoms with Crippen LogP contribution < -0.4 is 5.73 Å². The van der Waals surface area contributed by atoms with Gasteiger partial charge in [-0.25, -0.2) is 13.4 Å². The second-order valence-corrected chi connectivity index (χ2v) is 12.8. The van der Waals surface area contributed by atoms with Crippen molar-refractivity contribution >= 4 is 26.3 Å². The van der Waals surface area contributed by atoms with Crippen LogP contribution in [0.5, 0.6) is 0 Å². The molecule has 0 bridgehead atoms. The fourth-order valence-corrected chi connectivity index (χ4v) is 8.19. The first-order chi connectivity index (χ1) is 15.4. The zero-order chi connectivity index (χ0) is 22.6. The van der Waals surface area contributed by atoms with Crippen molar-refractivity contribution in [3.63, 3.8) is 0 Å². The van der Waals surface area contributed by atoms with Gasteiger partial charge in [0, 0.05) is 10.9 Å². The van der Waals surface area contributed by atoms with Crippen molar-refractivity contribution in [3.8, 4) is 0 Å². The van der Waals surface area contributed by atoms with Crippen LogP contribution in [-0.4, -0.2) is 43.2 Å². The number of sulfone groups is 1. The minimum absolute atomic E-state index is 0.300. The van der Waals surface area contributed by atoms with E-state index < -0.39 is 9.84 Å². The molecular formula is C25H37N3O2S2. The number of nitrogens with zero attached hydrogens (tertiary/aromatic N) is 2. The summed E-state index contributed by atoms with van der Waals surface area (Å²) in [5, 5.41) is 0.712. The third-order valence-corrected chi connectivity index (χ3v) is 10.2. The van der Waals surface area contributed by atoms with E-state index in [4.69, 9.17) is 5.73 Å². The maximum Gasteiger partial charge on any atom is 0.180 e. The molecule has 1 aromatic carbocycles. The van der Waals surface area contributed by atoms with Crippen LogP contribution in [0.25, 0.3) is 0 Å². The Hall–Kier alpha value is -1.44. The SMILES string of the molecule is CCCN(CCC1CCC(CS(=O)(=O)c2ccccc2)CC1)[C@H]1CCc2nc(N)sc2C1. The molecule has 0 spiro atoms. The normalized spacial score (nSPS) is 23.9. The Labute approximate surface area is 197 Å². The smallest absolute Gasteiger partial charge is 0.180 e. The predicted molar refractivity (Wildman–Crippen MR) is 133 cm³/mol. The number of benzene rings is 1. The van der Waals surface area contributed by atoms with Gasteiger partial charge in [-0.1, -0.05) is 38.0 Å². The lowest BCUT2D eigenvalue weighted by Crippen LogP contribution is -2.41. The third-order valence-electron chi connectivity index (χ3n) is 7.31. The van der Waals surface area contributed by atoms with Gasteiger partial charge >= 0.3 is 0 Å². The summed E-state index contributed by atoms with van der Waals surface area (Å²) in [7, 11) is -3.17. The van der Waals surface area contributed by atoms with Crippen molar-refractivity contribution in [2.75, 3.05) is 24.6 Å². The van der Waals surface area contributed by atoms with E-state index in [9.17, 15) is 8.42 Å². The molecule has 2 aromatic rings. The lowest BCUT2D eigenvalue weighted by Gasteiger charge is -2.36. The Morgan fingerprint density at radius 3 is 2.50 bits per heavy atom. The summed E-state index contributed by atoms with van der Waals surface area (Å²) in [5.74, 6) is 1.33. The second kappa shape index (κ2) is 10.7. The molecule has 1 heterocycles. The van der Waals surface area contributed by atoms with Crippen LogP contribution in [0.4, 0.5) is 5.13 Å². The van der Waals surface area contributed by atoms with Crippen molar-refractivity contribution in [2.45, 2.75) is 75.6 Å². The molecule has 176 valence electrons. The second-order valence-electron chi connectivity index (χ2n) is 9.62. The lowest BCUT2D eigenvalue weighted by molar-refractivity contribution is 0.156. The Balaban J connectivity index is 1.25. The molecule has 2 aliphatic carbocycles. The highest BCUT2D eigenvalue weighted by Crippen LogP contribution is 2.34. The van der Waals surface area contributed by atoms with E-state index in [0.29, 0.717) is 27.7 Å². The average molecular weight is 476 g/mol. The minimum atomic E-state index is -3.17. The van der Waals surface area contributed by atoms with Gasteiger partial charge in [0.2, 0.25) is 0 Å². The maximum atomic E-state index is 12.7. The Kier molecular flexibility index (Phi) is 7.90. The number of nitrogens with two attached hydrogens (primary N) is 1. The predicted octanol–water partition coefficient (Wildman–Crippen LogP) is 4.97. The highest BCUT2D eigenvalue weighted by atomic mass is 32.2. The van der Waals surface area contributed by atoms with Crippen LogP contribution in [0.1, 0.15) is 62.4 Å². The van der Waals surface area contributed by atoms with Crippen molar-refractivity contribution in [2.24, 2.45) is 11.8 Å². The van der Waals surface area contributed by atoms with Gasteiger partial charge in [-0.15, -0.1) is 11.3 Å². The van der Waals surface area contributed by atoms with Crippen molar-refractivity contribution in [1.82, 2.24) is 9.88 Å². The number of anilines is 1. The zero-order valence-corrected chi connectivity index (χ0v) is 20.8. The van der Waals surface area contributed by atoms with Gasteiger partial charge in [0.25, 0.3) is 0 Å². The number of rotatable bonds is 9. The molecule has 5 nitrogen and oxygen atoms in total. The number of nitrogen functional groups attached to an aromatic ring is 1. The van der Waals surface area contributed by atoms with Gasteiger partial charge in [0.05, 0.1) is 16.3 Å². The molecule has 1 saturated carbocycles. The third kappa shape index (κ3) is 5.91. The Morgan fingerprint density at radius 2 is 1.78 bits per heavy atom. The van der Waals surface area contributed by atoms with Crippen LogP contribution >= 0.6 is 11.3 Å². The highest BCUT2D eigenvalue weighted by Gasteiger charge is 2.29. The molecule has 0 unspecified atom stereocenters. The molecule has 32 heavy (non-hydrogen) atoms. The maximum absolute atomic E-state index is 12.7. The number of fused-ring (bicyclic) bond motifs is 1. The molecule has 4 rings (SSSR count). The summed E-state index contributed by atoms with van der Waals surface area (Å²) in [4.78, 5) is 9.05. The van der Waals surface area contributed by atoms with E-state index in [1.54, 1.807) is 23.5 Å². The molecule has 0 aliphatic heterocycles. The molecule has 0 amide bonds. The fraction of sp³-hybridized carbons (Fsp3) is 0.640. The molecule has 0 saturated heterocycles. The quantitative estimate of drug-likeness (QED) is 0.554. The first-order valence-corrected chi connectivity index (χ1v) is 14.7. The van der Waals surface area contributed by atoms with Gasteiger partial charge in [-0.2, -0.15) is 0 Å². The minimum Gasteiger partial charge on any atom is -0.375 e. The monoisotopic (exact) mass is 475 g/mol. The molecule has 2 aliphatic rings. The van der Waals surface area contributed by atoms with E-state index in [2.05, 4.69) is 16.8 Å². The summed E-state index contributed by atoms with van der Waals surface area (Å²) in [6.45, 7) is 4.57. The summed E-state index contributed by atoms with van der Waals surface area (Å²) in [6.07, 6.45) is 10.1. The number of hydrogen-bond acceptors (Lipinski definition) is 6. The Morgan fingerprint density at radius 1 is 1.06 bits per heavy atom. The molecule has 2 N–H and O–H groups in total. The molecule has 1 atom stereocenters. The summed E-state index contributed by atoms with van der Waals surface area (Å²) in [5.41, 5.74) is 7.16. The summed E-state index contributed by atoms with van der Waals surface area (Å²) in [6, 6.07) is 9.53. The standard InChI is InChI=1S/C25H37N3O2S2/c1-2-15-28(21-12-13-23-24(17-21)31-25(26)27-23)16-14-19-8-10-20(11-9-19)18-32(29,30)22-6-4-3-5-7-22/h3-7,19-21H,2,8-18H2,1H3,(H2,26,27)/t19?,20?,21-/m0/s1. The van der Waals surface area contributed by atoms with E-state index in [-0.39, 0.29) is 0 Å². The molecule has 1 fully saturated rings. The molecule has 7 heteroatoms. The molecular weight excluding hydrogens is 438 g/mol. The van der Waals surface area contributed by atoms with Crippen LogP contribution in [0.2, 0.25) is 0 Å². The summed E-state index contributed by atoms with van der Waals surface area (Å²) >= 11 is 1.67. The van der Waals surface area contributed by atoms with Crippen molar-refractivity contribution in [1.29, 1.82) is 0 Å². The summed E-state index contributed by atoms with van der Waals surface area (Å²) < 4.78 is 25.4. The first-order valence-electron chi connectivity index (χ1n) is 12.2. The van der Waals surface area contributed by atoms with E-state index >= 15 is 0 Å². The lowest BCUT2D eigenvalue weighted by atomic mass is 9.81. The highest BCUT2D eigenvalue weighted by molar-refractivity contribution is 7.91. The van der Waals surface area contributed by atoms with Gasteiger partial charge in [-0.05, 0) is 82.0 Å². The largest absolute Gasteiger partial charge is 0.375 e. The van der Waals surface area contributed by atoms with Gasteiger partial charge in [-0.3, -0.25) is 0 Å². The zero-order valence-electron chi connectivity index (χ0n) is 19.2. The van der Waals surface area contributed by atoms with Crippen LogP contribution in [-0.2, 0) is 22.7 Å². The van der Waals surface area contributed by atoms with Crippen LogP contribution in [0.3, 0.4) is 0 Å². The van der Waals surface area contributed by atoms with Gasteiger partial charge in [0.1, 0.15) is 0 Å².